The lowest BCUT2D eigenvalue weighted by Gasteiger charge is -2.11. The first kappa shape index (κ1) is 13.4. The minimum absolute atomic E-state index is 0.0260. The molecule has 1 unspecified atom stereocenters. The fraction of sp³-hybridized carbons (Fsp3) is 0.333. The van der Waals surface area contributed by atoms with Crippen LogP contribution in [0.25, 0.3) is 0 Å². The van der Waals surface area contributed by atoms with Gasteiger partial charge in [-0.15, -0.1) is 11.3 Å². The van der Waals surface area contributed by atoms with Gasteiger partial charge in [0.1, 0.15) is 10.8 Å². The fourth-order valence-electron chi connectivity index (χ4n) is 1.58. The van der Waals surface area contributed by atoms with E-state index in [1.165, 1.54) is 23.2 Å². The highest BCUT2D eigenvalue weighted by molar-refractivity contribution is 7.11. The van der Waals surface area contributed by atoms with Crippen molar-refractivity contribution in [3.8, 4) is 0 Å². The fourth-order valence-corrected chi connectivity index (χ4v) is 2.44. The van der Waals surface area contributed by atoms with E-state index in [0.717, 1.165) is 11.4 Å². The van der Waals surface area contributed by atoms with Gasteiger partial charge in [-0.05, 0) is 13.3 Å². The third-order valence-electron chi connectivity index (χ3n) is 2.61. The molecule has 1 N–H and O–H groups in total. The zero-order chi connectivity index (χ0) is 13.8. The van der Waals surface area contributed by atoms with E-state index in [9.17, 15) is 10.1 Å². The molecule has 0 aromatic carbocycles. The van der Waals surface area contributed by atoms with Crippen molar-refractivity contribution in [2.45, 2.75) is 26.3 Å². The monoisotopic (exact) mass is 278 g/mol. The maximum absolute atomic E-state index is 10.7. The number of anilines is 1. The average Bonchev–Trinajstić information content (AvgIpc) is 2.88. The molecule has 0 amide bonds. The molecule has 0 bridgehead atoms. The van der Waals surface area contributed by atoms with E-state index in [1.54, 1.807) is 11.3 Å². The van der Waals surface area contributed by atoms with Gasteiger partial charge in [-0.1, -0.05) is 6.92 Å². The van der Waals surface area contributed by atoms with E-state index in [-0.39, 0.29) is 11.7 Å². The van der Waals surface area contributed by atoms with Crippen LogP contribution in [0.2, 0.25) is 0 Å². The molecule has 2 heterocycles. The van der Waals surface area contributed by atoms with Gasteiger partial charge in [-0.2, -0.15) is 0 Å². The lowest BCUT2D eigenvalue weighted by Crippen LogP contribution is -2.07. The molecule has 0 aliphatic rings. The molecule has 7 heteroatoms. The molecule has 2 aromatic heterocycles. The molecular formula is C12H14N4O2S. The first-order chi connectivity index (χ1) is 9.10. The third kappa shape index (κ3) is 3.25. The molecule has 100 valence electrons. The van der Waals surface area contributed by atoms with Crippen molar-refractivity contribution >= 4 is 22.8 Å². The zero-order valence-electron chi connectivity index (χ0n) is 10.7. The predicted molar refractivity (Wildman–Crippen MR) is 74.4 cm³/mol. The molecule has 0 radical (unpaired) electrons. The predicted octanol–water partition coefficient (Wildman–Crippen LogP) is 3.18. The Kier molecular flexibility index (Phi) is 4.06. The maximum Gasteiger partial charge on any atom is 0.274 e. The van der Waals surface area contributed by atoms with Crippen molar-refractivity contribution < 1.29 is 4.92 Å². The van der Waals surface area contributed by atoms with Gasteiger partial charge in [0, 0.05) is 23.3 Å². The van der Waals surface area contributed by atoms with Gasteiger partial charge in [-0.25, -0.2) is 9.97 Å². The Balaban J connectivity index is 2.12. The number of nitro groups is 1. The van der Waals surface area contributed by atoms with Crippen molar-refractivity contribution in [3.05, 3.63) is 44.5 Å². The van der Waals surface area contributed by atoms with Crippen LogP contribution in [-0.4, -0.2) is 14.9 Å². The summed E-state index contributed by atoms with van der Waals surface area (Å²) in [5.41, 5.74) is 0.0260. The molecule has 19 heavy (non-hydrogen) atoms. The van der Waals surface area contributed by atoms with E-state index in [0.29, 0.717) is 5.82 Å². The summed E-state index contributed by atoms with van der Waals surface area (Å²) < 4.78 is 0. The Morgan fingerprint density at radius 1 is 1.53 bits per heavy atom. The van der Waals surface area contributed by atoms with Gasteiger partial charge < -0.3 is 5.32 Å². The summed E-state index contributed by atoms with van der Waals surface area (Å²) in [5, 5.41) is 14.8. The number of hydrogen-bond donors (Lipinski definition) is 1. The van der Waals surface area contributed by atoms with Gasteiger partial charge in [0.2, 0.25) is 0 Å². The number of thiazole rings is 1. The molecule has 0 aliphatic heterocycles. The molecule has 6 nitrogen and oxygen atoms in total. The van der Waals surface area contributed by atoms with E-state index in [1.807, 2.05) is 13.1 Å². The minimum atomic E-state index is -0.434. The number of hydrogen-bond acceptors (Lipinski definition) is 6. The number of pyridine rings is 1. The van der Waals surface area contributed by atoms with Gasteiger partial charge in [0.05, 0.1) is 17.0 Å². The summed E-state index contributed by atoms with van der Waals surface area (Å²) in [4.78, 5) is 19.9. The highest BCUT2D eigenvalue weighted by Crippen LogP contribution is 2.24. The second kappa shape index (κ2) is 5.75. The summed E-state index contributed by atoms with van der Waals surface area (Å²) in [6, 6.07) is 2.76. The van der Waals surface area contributed by atoms with E-state index in [2.05, 4.69) is 22.2 Å². The standard InChI is InChI=1S/C12H14N4O2S/c1-3-10-7-14-12(19-10)8(2)15-11-6-9(16(17)18)4-5-13-11/h4-8H,3H2,1-2H3,(H,13,15). The van der Waals surface area contributed by atoms with Crippen LogP contribution in [0.4, 0.5) is 11.5 Å². The molecule has 1 atom stereocenters. The van der Waals surface area contributed by atoms with E-state index in [4.69, 9.17) is 0 Å². The van der Waals surface area contributed by atoms with Crippen molar-refractivity contribution in [2.75, 3.05) is 5.32 Å². The van der Waals surface area contributed by atoms with Crippen LogP contribution in [0.3, 0.4) is 0 Å². The van der Waals surface area contributed by atoms with Crippen molar-refractivity contribution in [1.82, 2.24) is 9.97 Å². The SMILES string of the molecule is CCc1cnc(C(C)Nc2cc([N+](=O)[O-])ccn2)s1. The van der Waals surface area contributed by atoms with Crippen molar-refractivity contribution in [1.29, 1.82) is 0 Å². The van der Waals surface area contributed by atoms with Crippen LogP contribution in [0.15, 0.2) is 24.5 Å². The van der Waals surface area contributed by atoms with Crippen LogP contribution in [-0.2, 0) is 6.42 Å². The number of nitrogens with zero attached hydrogens (tertiary/aromatic N) is 3. The Morgan fingerprint density at radius 3 is 2.95 bits per heavy atom. The molecule has 0 fully saturated rings. The quantitative estimate of drug-likeness (QED) is 0.671. The van der Waals surface area contributed by atoms with Crippen LogP contribution in [0.1, 0.15) is 29.8 Å². The van der Waals surface area contributed by atoms with Crippen molar-refractivity contribution in [2.24, 2.45) is 0 Å². The largest absolute Gasteiger partial charge is 0.361 e. The van der Waals surface area contributed by atoms with E-state index >= 15 is 0 Å². The maximum atomic E-state index is 10.7. The van der Waals surface area contributed by atoms with Crippen LogP contribution >= 0.6 is 11.3 Å². The Labute approximate surface area is 114 Å². The number of rotatable bonds is 5. The van der Waals surface area contributed by atoms with Gasteiger partial charge in [0.25, 0.3) is 5.69 Å². The summed E-state index contributed by atoms with van der Waals surface area (Å²) in [5.74, 6) is 0.481. The molecule has 0 saturated heterocycles. The van der Waals surface area contributed by atoms with Crippen LogP contribution < -0.4 is 5.32 Å². The van der Waals surface area contributed by atoms with E-state index < -0.39 is 4.92 Å². The Bertz CT molecular complexity index is 585. The number of aromatic nitrogens is 2. The summed E-state index contributed by atoms with van der Waals surface area (Å²) >= 11 is 1.64. The molecule has 0 saturated carbocycles. The van der Waals surface area contributed by atoms with Gasteiger partial charge >= 0.3 is 0 Å². The molecular weight excluding hydrogens is 264 g/mol. The Hall–Kier alpha value is -2.02. The average molecular weight is 278 g/mol. The lowest BCUT2D eigenvalue weighted by molar-refractivity contribution is -0.384. The summed E-state index contributed by atoms with van der Waals surface area (Å²) in [7, 11) is 0. The van der Waals surface area contributed by atoms with Gasteiger partial charge in [0.15, 0.2) is 0 Å². The molecule has 2 rings (SSSR count). The van der Waals surface area contributed by atoms with Crippen LogP contribution in [0.5, 0.6) is 0 Å². The molecule has 0 aliphatic carbocycles. The number of nitrogens with one attached hydrogen (secondary N) is 1. The van der Waals surface area contributed by atoms with Crippen LogP contribution in [0, 0.1) is 10.1 Å². The van der Waals surface area contributed by atoms with Crippen molar-refractivity contribution in [3.63, 3.8) is 0 Å². The second-order valence-corrected chi connectivity index (χ2v) is 5.19. The first-order valence-electron chi connectivity index (χ1n) is 5.91. The number of aryl methyl sites for hydroxylation is 1. The zero-order valence-corrected chi connectivity index (χ0v) is 11.5. The highest BCUT2D eigenvalue weighted by Gasteiger charge is 2.12. The Morgan fingerprint density at radius 2 is 2.32 bits per heavy atom. The minimum Gasteiger partial charge on any atom is -0.361 e. The first-order valence-corrected chi connectivity index (χ1v) is 6.73. The third-order valence-corrected chi connectivity index (χ3v) is 3.93. The highest BCUT2D eigenvalue weighted by atomic mass is 32.1. The summed E-state index contributed by atoms with van der Waals surface area (Å²) in [6.07, 6.45) is 4.24. The van der Waals surface area contributed by atoms with Gasteiger partial charge in [-0.3, -0.25) is 10.1 Å². The normalized spacial score (nSPS) is 12.1. The topological polar surface area (TPSA) is 81.0 Å². The molecule has 2 aromatic rings. The lowest BCUT2D eigenvalue weighted by atomic mass is 10.3. The second-order valence-electron chi connectivity index (χ2n) is 4.04. The molecule has 0 spiro atoms. The summed E-state index contributed by atoms with van der Waals surface area (Å²) in [6.45, 7) is 4.04. The smallest absolute Gasteiger partial charge is 0.274 e.